The number of hydrogen-bond acceptors (Lipinski definition) is 5. The molecule has 0 saturated heterocycles. The Hall–Kier alpha value is -4.23. The van der Waals surface area contributed by atoms with Crippen molar-refractivity contribution in [2.24, 2.45) is 4.99 Å². The van der Waals surface area contributed by atoms with Gasteiger partial charge < -0.3 is 10.1 Å². The fourth-order valence-electron chi connectivity index (χ4n) is 5.53. The standard InChI is InChI=1S/C29H21N3O3S/c1-35-18-9-6-8-17(15-18)25-21-14-13-16-7-2-3-10-19(16)24(21)31-29-32(25)28(34)26(36-29)23-20-11-4-5-12-22(20)30-27(23)33/h2-12,15,25H,13-14H2,1H3,(H,30,33). The zero-order valence-electron chi connectivity index (χ0n) is 19.4. The molecule has 176 valence electrons. The smallest absolute Gasteiger partial charge is 0.271 e. The Morgan fingerprint density at radius 1 is 0.972 bits per heavy atom. The van der Waals surface area contributed by atoms with Crippen LogP contribution in [-0.2, 0) is 11.2 Å². The third kappa shape index (κ3) is 2.99. The molecule has 1 aromatic heterocycles. The molecule has 0 radical (unpaired) electrons. The quantitative estimate of drug-likeness (QED) is 0.465. The van der Waals surface area contributed by atoms with E-state index in [1.165, 1.54) is 16.9 Å². The van der Waals surface area contributed by atoms with Crippen LogP contribution < -0.4 is 24.9 Å². The average Bonchev–Trinajstić information content (AvgIpc) is 3.42. The highest BCUT2D eigenvalue weighted by molar-refractivity contribution is 7.07. The van der Waals surface area contributed by atoms with Crippen LogP contribution in [0.5, 0.6) is 5.75 Å². The van der Waals surface area contributed by atoms with E-state index in [9.17, 15) is 9.59 Å². The van der Waals surface area contributed by atoms with Gasteiger partial charge in [0.1, 0.15) is 10.3 Å². The summed E-state index contributed by atoms with van der Waals surface area (Å²) >= 11 is 1.29. The summed E-state index contributed by atoms with van der Waals surface area (Å²) in [5.74, 6) is 0.477. The summed E-state index contributed by atoms with van der Waals surface area (Å²) in [4.78, 5) is 32.7. The molecule has 1 unspecified atom stereocenters. The van der Waals surface area contributed by atoms with Gasteiger partial charge >= 0.3 is 0 Å². The Labute approximate surface area is 210 Å². The van der Waals surface area contributed by atoms with Gasteiger partial charge in [0, 0.05) is 16.8 Å². The maximum Gasteiger partial charge on any atom is 0.271 e. The first kappa shape index (κ1) is 21.1. The summed E-state index contributed by atoms with van der Waals surface area (Å²) in [5, 5.41) is 2.90. The van der Waals surface area contributed by atoms with Crippen LogP contribution in [0.2, 0.25) is 0 Å². The van der Waals surface area contributed by atoms with Crippen LogP contribution in [-0.4, -0.2) is 17.6 Å². The van der Waals surface area contributed by atoms with Crippen molar-refractivity contribution in [1.82, 2.24) is 4.57 Å². The summed E-state index contributed by atoms with van der Waals surface area (Å²) in [6.07, 6.45) is 1.69. The number of carbonyl (C=O) groups is 1. The number of carbonyl (C=O) groups excluding carboxylic acids is 1. The molecule has 1 aliphatic carbocycles. The fraction of sp³-hybridized carbons (Fsp3) is 0.138. The summed E-state index contributed by atoms with van der Waals surface area (Å²) < 4.78 is 7.70. The number of para-hydroxylation sites is 1. The Morgan fingerprint density at radius 2 is 1.78 bits per heavy atom. The third-order valence-corrected chi connectivity index (χ3v) is 8.21. The second kappa shape index (κ2) is 7.90. The number of anilines is 1. The minimum Gasteiger partial charge on any atom is -0.497 e. The summed E-state index contributed by atoms with van der Waals surface area (Å²) in [6.45, 7) is 0. The number of ether oxygens (including phenoxy) is 1. The average molecular weight is 492 g/mol. The van der Waals surface area contributed by atoms with Crippen molar-refractivity contribution in [3.63, 3.8) is 0 Å². The molecule has 1 atom stereocenters. The molecule has 3 aliphatic rings. The molecule has 2 aliphatic heterocycles. The molecule has 7 heteroatoms. The minimum absolute atomic E-state index is 0.196. The van der Waals surface area contributed by atoms with E-state index in [2.05, 4.69) is 23.5 Å². The predicted octanol–water partition coefficient (Wildman–Crippen LogP) is 3.65. The second-order valence-corrected chi connectivity index (χ2v) is 10.1. The van der Waals surface area contributed by atoms with Crippen molar-refractivity contribution in [2.75, 3.05) is 12.4 Å². The molecule has 0 fully saturated rings. The molecule has 0 spiro atoms. The zero-order valence-corrected chi connectivity index (χ0v) is 20.3. The number of thiazole rings is 1. The maximum atomic E-state index is 14.1. The van der Waals surface area contributed by atoms with E-state index in [-0.39, 0.29) is 17.5 Å². The molecule has 1 amide bonds. The van der Waals surface area contributed by atoms with Crippen molar-refractivity contribution in [2.45, 2.75) is 18.9 Å². The summed E-state index contributed by atoms with van der Waals surface area (Å²) in [6, 6.07) is 23.4. The number of benzene rings is 3. The van der Waals surface area contributed by atoms with E-state index in [0.717, 1.165) is 52.2 Å². The van der Waals surface area contributed by atoms with Gasteiger partial charge in [0.2, 0.25) is 0 Å². The lowest BCUT2D eigenvalue weighted by Gasteiger charge is -2.31. The Kier molecular flexibility index (Phi) is 4.62. The number of hydrogen-bond donors (Lipinski definition) is 1. The fourth-order valence-corrected chi connectivity index (χ4v) is 6.62. The van der Waals surface area contributed by atoms with E-state index < -0.39 is 0 Å². The van der Waals surface area contributed by atoms with E-state index in [1.807, 2.05) is 54.6 Å². The lowest BCUT2D eigenvalue weighted by molar-refractivity contribution is -0.110. The van der Waals surface area contributed by atoms with Crippen molar-refractivity contribution in [3.05, 3.63) is 120 Å². The van der Waals surface area contributed by atoms with E-state index >= 15 is 0 Å². The normalized spacial score (nSPS) is 19.0. The van der Waals surface area contributed by atoms with Crippen LogP contribution in [0, 0.1) is 0 Å². The highest BCUT2D eigenvalue weighted by atomic mass is 32.1. The Balaban J connectivity index is 1.56. The topological polar surface area (TPSA) is 72.7 Å². The van der Waals surface area contributed by atoms with E-state index in [0.29, 0.717) is 14.9 Å². The molecule has 3 aromatic carbocycles. The highest BCUT2D eigenvalue weighted by Crippen LogP contribution is 2.41. The summed E-state index contributed by atoms with van der Waals surface area (Å²) in [5.41, 5.74) is 7.07. The molecule has 36 heavy (non-hydrogen) atoms. The lowest BCUT2D eigenvalue weighted by Crippen LogP contribution is -2.39. The second-order valence-electron chi connectivity index (χ2n) is 9.09. The van der Waals surface area contributed by atoms with Crippen molar-refractivity contribution in [1.29, 1.82) is 0 Å². The molecule has 1 N–H and O–H groups in total. The number of fused-ring (bicyclic) bond motifs is 4. The number of aromatic nitrogens is 1. The van der Waals surface area contributed by atoms with Crippen LogP contribution in [0.15, 0.2) is 88.2 Å². The van der Waals surface area contributed by atoms with Crippen LogP contribution in [0.4, 0.5) is 5.69 Å². The number of aryl methyl sites for hydroxylation is 1. The van der Waals surface area contributed by atoms with Gasteiger partial charge in [-0.25, -0.2) is 4.99 Å². The van der Waals surface area contributed by atoms with Gasteiger partial charge in [0.15, 0.2) is 4.80 Å². The first-order valence-corrected chi connectivity index (χ1v) is 12.7. The number of allylic oxidation sites excluding steroid dienone is 1. The molecule has 7 rings (SSSR count). The maximum absolute atomic E-state index is 14.1. The molecular weight excluding hydrogens is 470 g/mol. The largest absolute Gasteiger partial charge is 0.497 e. The van der Waals surface area contributed by atoms with Gasteiger partial charge in [0.05, 0.1) is 24.4 Å². The van der Waals surface area contributed by atoms with Gasteiger partial charge in [-0.05, 0) is 47.7 Å². The molecule has 0 bridgehead atoms. The van der Waals surface area contributed by atoms with Gasteiger partial charge in [0.25, 0.3) is 11.5 Å². The van der Waals surface area contributed by atoms with Gasteiger partial charge in [-0.1, -0.05) is 65.9 Å². The lowest BCUT2D eigenvalue weighted by atomic mass is 9.83. The highest BCUT2D eigenvalue weighted by Gasteiger charge is 2.34. The van der Waals surface area contributed by atoms with Crippen molar-refractivity contribution in [3.8, 4) is 5.75 Å². The first-order valence-electron chi connectivity index (χ1n) is 11.8. The monoisotopic (exact) mass is 491 g/mol. The van der Waals surface area contributed by atoms with Gasteiger partial charge in [-0.15, -0.1) is 0 Å². The predicted molar refractivity (Wildman–Crippen MR) is 140 cm³/mol. The minimum atomic E-state index is -0.325. The number of rotatable bonds is 2. The first-order chi connectivity index (χ1) is 17.6. The van der Waals surface area contributed by atoms with Crippen molar-refractivity contribution < 1.29 is 9.53 Å². The Bertz CT molecular complexity index is 1810. The molecule has 6 nitrogen and oxygen atoms in total. The SMILES string of the molecule is COc1cccc(C2C3=C(N=c4sc(=C5C(=O)Nc6ccccc65)c(=O)n42)c2ccccc2CC3)c1. The number of methoxy groups -OCH3 is 1. The summed E-state index contributed by atoms with van der Waals surface area (Å²) in [7, 11) is 1.64. The molecule has 4 aromatic rings. The van der Waals surface area contributed by atoms with Crippen LogP contribution in [0.3, 0.4) is 0 Å². The van der Waals surface area contributed by atoms with E-state index in [4.69, 9.17) is 9.73 Å². The number of nitrogens with zero attached hydrogens (tertiary/aromatic N) is 2. The van der Waals surface area contributed by atoms with Crippen LogP contribution in [0.25, 0.3) is 11.3 Å². The van der Waals surface area contributed by atoms with Crippen LogP contribution in [0.1, 0.15) is 34.7 Å². The number of nitrogens with one attached hydrogen (secondary N) is 1. The molecule has 3 heterocycles. The van der Waals surface area contributed by atoms with E-state index in [1.54, 1.807) is 11.7 Å². The Morgan fingerprint density at radius 3 is 2.64 bits per heavy atom. The molecular formula is C29H21N3O3S. The van der Waals surface area contributed by atoms with Crippen LogP contribution >= 0.6 is 11.3 Å². The molecule has 0 saturated carbocycles. The third-order valence-electron chi connectivity index (χ3n) is 7.16. The van der Waals surface area contributed by atoms with Crippen molar-refractivity contribution >= 4 is 34.2 Å². The van der Waals surface area contributed by atoms with Gasteiger partial charge in [-0.2, -0.15) is 0 Å². The van der Waals surface area contributed by atoms with Gasteiger partial charge in [-0.3, -0.25) is 14.2 Å². The number of amides is 1. The zero-order chi connectivity index (χ0) is 24.4.